The number of benzene rings is 1. The van der Waals surface area contributed by atoms with Crippen molar-refractivity contribution in [3.63, 3.8) is 0 Å². The molecule has 1 amide bonds. The second kappa shape index (κ2) is 7.99. The van der Waals surface area contributed by atoms with Gasteiger partial charge in [-0.15, -0.1) is 0 Å². The Morgan fingerprint density at radius 3 is 2.52 bits per heavy atom. The lowest BCUT2D eigenvalue weighted by Crippen LogP contribution is -2.34. The lowest BCUT2D eigenvalue weighted by atomic mass is 10.1. The van der Waals surface area contributed by atoms with Crippen LogP contribution < -0.4 is 10.1 Å². The van der Waals surface area contributed by atoms with Crippen LogP contribution in [0.2, 0.25) is 0 Å². The standard InChI is InChI=1S/C18H25NO4/c1-12(2)11-23-16-7-3-13(4-8-16)9-17(20)19-15-6-5-14(10-15)18(21)22/h3-4,7-8,12,14-15H,5-6,9-11H2,1-2H3,(H,19,20)(H,21,22)/t14-,15+/m1/s1. The van der Waals surface area contributed by atoms with E-state index in [4.69, 9.17) is 9.84 Å². The van der Waals surface area contributed by atoms with E-state index in [-0.39, 0.29) is 17.9 Å². The first-order valence-electron chi connectivity index (χ1n) is 8.18. The van der Waals surface area contributed by atoms with Crippen LogP contribution in [-0.2, 0) is 16.0 Å². The molecule has 0 saturated heterocycles. The molecular weight excluding hydrogens is 294 g/mol. The van der Waals surface area contributed by atoms with Crippen LogP contribution in [0.15, 0.2) is 24.3 Å². The molecule has 1 aliphatic rings. The highest BCUT2D eigenvalue weighted by Crippen LogP contribution is 2.25. The van der Waals surface area contributed by atoms with Gasteiger partial charge in [0.1, 0.15) is 5.75 Å². The van der Waals surface area contributed by atoms with Crippen molar-refractivity contribution >= 4 is 11.9 Å². The van der Waals surface area contributed by atoms with Crippen molar-refractivity contribution in [2.45, 2.75) is 45.6 Å². The smallest absolute Gasteiger partial charge is 0.306 e. The van der Waals surface area contributed by atoms with Crippen molar-refractivity contribution in [3.05, 3.63) is 29.8 Å². The molecule has 0 aliphatic heterocycles. The molecule has 2 N–H and O–H groups in total. The van der Waals surface area contributed by atoms with Crippen LogP contribution in [0.3, 0.4) is 0 Å². The molecule has 1 aromatic carbocycles. The van der Waals surface area contributed by atoms with Gasteiger partial charge in [0.05, 0.1) is 18.9 Å². The number of hydrogen-bond acceptors (Lipinski definition) is 3. The van der Waals surface area contributed by atoms with E-state index in [1.54, 1.807) is 0 Å². The first-order chi connectivity index (χ1) is 10.9. The van der Waals surface area contributed by atoms with Crippen LogP contribution in [0.4, 0.5) is 0 Å². The van der Waals surface area contributed by atoms with Gasteiger partial charge >= 0.3 is 5.97 Å². The Morgan fingerprint density at radius 2 is 1.96 bits per heavy atom. The lowest BCUT2D eigenvalue weighted by Gasteiger charge is -2.13. The minimum atomic E-state index is -0.765. The Labute approximate surface area is 137 Å². The molecule has 5 heteroatoms. The van der Waals surface area contributed by atoms with Crippen molar-refractivity contribution in [2.24, 2.45) is 11.8 Å². The third-order valence-electron chi connectivity index (χ3n) is 4.02. The third kappa shape index (κ3) is 5.58. The number of ether oxygens (including phenoxy) is 1. The fourth-order valence-corrected chi connectivity index (χ4v) is 2.77. The summed E-state index contributed by atoms with van der Waals surface area (Å²) in [7, 11) is 0. The zero-order valence-electron chi connectivity index (χ0n) is 13.7. The average Bonchev–Trinajstić information content (AvgIpc) is 2.95. The summed E-state index contributed by atoms with van der Waals surface area (Å²) in [4.78, 5) is 23.0. The van der Waals surface area contributed by atoms with E-state index in [0.717, 1.165) is 17.7 Å². The minimum Gasteiger partial charge on any atom is -0.493 e. The summed E-state index contributed by atoms with van der Waals surface area (Å²) in [6.45, 7) is 4.86. The van der Waals surface area contributed by atoms with Gasteiger partial charge in [0.15, 0.2) is 0 Å². The summed E-state index contributed by atoms with van der Waals surface area (Å²) in [5.41, 5.74) is 0.923. The van der Waals surface area contributed by atoms with E-state index in [1.807, 2.05) is 24.3 Å². The summed E-state index contributed by atoms with van der Waals surface area (Å²) in [6, 6.07) is 7.52. The van der Waals surface area contributed by atoms with Gasteiger partial charge in [-0.1, -0.05) is 26.0 Å². The highest BCUT2D eigenvalue weighted by Gasteiger charge is 2.30. The van der Waals surface area contributed by atoms with Gasteiger partial charge in [-0.3, -0.25) is 9.59 Å². The van der Waals surface area contributed by atoms with Gasteiger partial charge in [-0.25, -0.2) is 0 Å². The number of hydrogen-bond donors (Lipinski definition) is 2. The predicted octanol–water partition coefficient (Wildman–Crippen LogP) is 2.63. The van der Waals surface area contributed by atoms with E-state index in [1.165, 1.54) is 0 Å². The first kappa shape index (κ1) is 17.3. The number of carboxylic acid groups (broad SMARTS) is 1. The quantitative estimate of drug-likeness (QED) is 0.810. The molecule has 0 bridgehead atoms. The summed E-state index contributed by atoms with van der Waals surface area (Å²) in [6.07, 6.45) is 2.22. The van der Waals surface area contributed by atoms with Crippen LogP contribution in [0, 0.1) is 11.8 Å². The zero-order chi connectivity index (χ0) is 16.8. The summed E-state index contributed by atoms with van der Waals surface area (Å²) >= 11 is 0. The number of carbonyl (C=O) groups excluding carboxylic acids is 1. The van der Waals surface area contributed by atoms with Crippen LogP contribution in [0.25, 0.3) is 0 Å². The molecule has 1 aromatic rings. The van der Waals surface area contributed by atoms with E-state index in [9.17, 15) is 9.59 Å². The number of rotatable bonds is 7. The number of amides is 1. The summed E-state index contributed by atoms with van der Waals surface area (Å²) in [5, 5.41) is 11.9. The van der Waals surface area contributed by atoms with Crippen molar-refractivity contribution in [2.75, 3.05) is 6.61 Å². The highest BCUT2D eigenvalue weighted by atomic mass is 16.5. The lowest BCUT2D eigenvalue weighted by molar-refractivity contribution is -0.141. The Morgan fingerprint density at radius 1 is 1.26 bits per heavy atom. The van der Waals surface area contributed by atoms with Crippen LogP contribution in [0.5, 0.6) is 5.75 Å². The predicted molar refractivity (Wildman–Crippen MR) is 87.4 cm³/mol. The molecule has 0 radical (unpaired) electrons. The van der Waals surface area contributed by atoms with Gasteiger partial charge in [0.2, 0.25) is 5.91 Å². The number of carboxylic acids is 1. The Balaban J connectivity index is 1.78. The molecular formula is C18H25NO4. The largest absolute Gasteiger partial charge is 0.493 e. The maximum absolute atomic E-state index is 12.1. The molecule has 1 fully saturated rings. The molecule has 5 nitrogen and oxygen atoms in total. The molecule has 126 valence electrons. The third-order valence-corrected chi connectivity index (χ3v) is 4.02. The van der Waals surface area contributed by atoms with Crippen LogP contribution in [0.1, 0.15) is 38.7 Å². The molecule has 0 aromatic heterocycles. The second-order valence-electron chi connectivity index (χ2n) is 6.64. The molecule has 0 unspecified atom stereocenters. The van der Waals surface area contributed by atoms with Gasteiger partial charge in [-0.05, 0) is 42.9 Å². The monoisotopic (exact) mass is 319 g/mol. The van der Waals surface area contributed by atoms with E-state index >= 15 is 0 Å². The molecule has 2 atom stereocenters. The van der Waals surface area contributed by atoms with E-state index < -0.39 is 5.97 Å². The highest BCUT2D eigenvalue weighted by molar-refractivity contribution is 5.79. The fraction of sp³-hybridized carbons (Fsp3) is 0.556. The summed E-state index contributed by atoms with van der Waals surface area (Å²) in [5.74, 6) is 0.137. The Kier molecular flexibility index (Phi) is 6.02. The maximum Gasteiger partial charge on any atom is 0.306 e. The van der Waals surface area contributed by atoms with Crippen molar-refractivity contribution < 1.29 is 19.4 Å². The first-order valence-corrected chi connectivity index (χ1v) is 8.18. The number of aliphatic carboxylic acids is 1. The SMILES string of the molecule is CC(C)COc1ccc(CC(=O)N[C@H]2CC[C@@H](C(=O)O)C2)cc1. The molecule has 0 heterocycles. The Hall–Kier alpha value is -2.04. The Bertz CT molecular complexity index is 538. The van der Waals surface area contributed by atoms with Gasteiger partial charge in [0.25, 0.3) is 0 Å². The topological polar surface area (TPSA) is 75.6 Å². The van der Waals surface area contributed by atoms with Gasteiger partial charge < -0.3 is 15.2 Å². The normalized spacial score (nSPS) is 20.5. The van der Waals surface area contributed by atoms with Crippen molar-refractivity contribution in [3.8, 4) is 5.75 Å². The number of nitrogens with one attached hydrogen (secondary N) is 1. The van der Waals surface area contributed by atoms with E-state index in [0.29, 0.717) is 31.8 Å². The molecule has 0 spiro atoms. The van der Waals surface area contributed by atoms with Crippen molar-refractivity contribution in [1.82, 2.24) is 5.32 Å². The molecule has 1 aliphatic carbocycles. The average molecular weight is 319 g/mol. The maximum atomic E-state index is 12.1. The van der Waals surface area contributed by atoms with Gasteiger partial charge in [-0.2, -0.15) is 0 Å². The minimum absolute atomic E-state index is 0.0164. The van der Waals surface area contributed by atoms with E-state index in [2.05, 4.69) is 19.2 Å². The van der Waals surface area contributed by atoms with Crippen LogP contribution in [-0.4, -0.2) is 29.6 Å². The number of carbonyl (C=O) groups is 2. The van der Waals surface area contributed by atoms with Gasteiger partial charge in [0, 0.05) is 6.04 Å². The summed E-state index contributed by atoms with van der Waals surface area (Å²) < 4.78 is 5.61. The second-order valence-corrected chi connectivity index (χ2v) is 6.64. The van der Waals surface area contributed by atoms with Crippen LogP contribution >= 0.6 is 0 Å². The molecule has 1 saturated carbocycles. The molecule has 2 rings (SSSR count). The fourth-order valence-electron chi connectivity index (χ4n) is 2.77. The zero-order valence-corrected chi connectivity index (χ0v) is 13.7. The molecule has 23 heavy (non-hydrogen) atoms. The van der Waals surface area contributed by atoms with Crippen molar-refractivity contribution in [1.29, 1.82) is 0 Å².